The Kier molecular flexibility index (Phi) is 10.8. The second kappa shape index (κ2) is 13.6. The summed E-state index contributed by atoms with van der Waals surface area (Å²) in [5.41, 5.74) is 2.35. The molecule has 0 fully saturated rings. The van der Waals surface area contributed by atoms with E-state index in [4.69, 9.17) is 18.6 Å². The van der Waals surface area contributed by atoms with Gasteiger partial charge in [0.2, 0.25) is 5.75 Å². The molecule has 0 aliphatic rings. The van der Waals surface area contributed by atoms with Crippen molar-refractivity contribution >= 4 is 11.0 Å². The number of rotatable bonds is 13. The van der Waals surface area contributed by atoms with Gasteiger partial charge in [-0.3, -0.25) is 0 Å². The van der Waals surface area contributed by atoms with Crippen LogP contribution in [0.25, 0.3) is 11.0 Å². The third-order valence-electron chi connectivity index (χ3n) is 4.86. The van der Waals surface area contributed by atoms with Crippen molar-refractivity contribution in [3.8, 4) is 17.2 Å². The van der Waals surface area contributed by atoms with E-state index >= 15 is 0 Å². The maximum atomic E-state index is 12.8. The lowest BCUT2D eigenvalue weighted by atomic mass is 10.1. The average molecular weight is 455 g/mol. The Labute approximate surface area is 197 Å². The predicted octanol–water partition coefficient (Wildman–Crippen LogP) is 7.39. The third kappa shape index (κ3) is 8.49. The van der Waals surface area contributed by atoms with Gasteiger partial charge in [-0.05, 0) is 78.5 Å². The average Bonchev–Trinajstić information content (AvgIpc) is 2.75. The summed E-state index contributed by atoms with van der Waals surface area (Å²) in [7, 11) is 0. The molecule has 2 rings (SSSR count). The van der Waals surface area contributed by atoms with Gasteiger partial charge in [0.05, 0.1) is 18.1 Å². The van der Waals surface area contributed by atoms with Crippen molar-refractivity contribution in [2.75, 3.05) is 13.2 Å². The molecule has 5 nitrogen and oxygen atoms in total. The lowest BCUT2D eigenvalue weighted by Crippen LogP contribution is -2.15. The number of fused-ring (bicyclic) bond motifs is 1. The van der Waals surface area contributed by atoms with Gasteiger partial charge in [0.15, 0.2) is 17.1 Å². The fourth-order valence-electron chi connectivity index (χ4n) is 3.23. The van der Waals surface area contributed by atoms with Gasteiger partial charge < -0.3 is 18.6 Å². The van der Waals surface area contributed by atoms with Crippen LogP contribution < -0.4 is 19.8 Å². The van der Waals surface area contributed by atoms with E-state index in [1.54, 1.807) is 6.07 Å². The standard InChI is InChI=1S/C28H38O5/c1-7-8-9-10-18-30-24-16-12-15-23-25(24)33-28(29)27(32-21(4)5)26(23)31-19-17-22(6)14-11-13-20(2)3/h8-9,12-13,15-17,21H,7,10-11,14,18-19H2,1-6H3/b9-8?,22-17+. The van der Waals surface area contributed by atoms with Crippen molar-refractivity contribution in [2.24, 2.45) is 0 Å². The van der Waals surface area contributed by atoms with Crippen LogP contribution in [0.4, 0.5) is 0 Å². The molecule has 0 aliphatic carbocycles. The molecule has 0 amide bonds. The van der Waals surface area contributed by atoms with Crippen molar-refractivity contribution in [2.45, 2.75) is 73.3 Å². The first-order chi connectivity index (χ1) is 15.8. The highest BCUT2D eigenvalue weighted by Gasteiger charge is 2.21. The number of benzene rings is 1. The summed E-state index contributed by atoms with van der Waals surface area (Å²) < 4.78 is 23.4. The van der Waals surface area contributed by atoms with Crippen molar-refractivity contribution in [1.82, 2.24) is 0 Å². The molecule has 0 unspecified atom stereocenters. The molecule has 2 aromatic rings. The van der Waals surface area contributed by atoms with E-state index in [0.29, 0.717) is 35.7 Å². The summed E-state index contributed by atoms with van der Waals surface area (Å²) in [6.45, 7) is 12.9. The Morgan fingerprint density at radius 2 is 1.82 bits per heavy atom. The minimum atomic E-state index is -0.572. The molecule has 1 heterocycles. The Hall–Kier alpha value is -2.95. The van der Waals surface area contributed by atoms with Gasteiger partial charge in [0.25, 0.3) is 0 Å². The fourth-order valence-corrected chi connectivity index (χ4v) is 3.23. The van der Waals surface area contributed by atoms with Crippen LogP contribution in [0.5, 0.6) is 17.2 Å². The lowest BCUT2D eigenvalue weighted by molar-refractivity contribution is 0.216. The maximum Gasteiger partial charge on any atom is 0.383 e. The highest BCUT2D eigenvalue weighted by Crippen LogP contribution is 2.37. The number of ether oxygens (including phenoxy) is 3. The topological polar surface area (TPSA) is 57.9 Å². The summed E-state index contributed by atoms with van der Waals surface area (Å²) in [5.74, 6) is 1.000. The van der Waals surface area contributed by atoms with Gasteiger partial charge >= 0.3 is 5.63 Å². The van der Waals surface area contributed by atoms with Gasteiger partial charge in [-0.1, -0.05) is 42.4 Å². The Bertz CT molecular complexity index is 1040. The highest BCUT2D eigenvalue weighted by atomic mass is 16.5. The monoisotopic (exact) mass is 454 g/mol. The summed E-state index contributed by atoms with van der Waals surface area (Å²) in [6.07, 6.45) is 12.0. The second-order valence-electron chi connectivity index (χ2n) is 8.55. The van der Waals surface area contributed by atoms with E-state index in [2.05, 4.69) is 45.9 Å². The maximum absolute atomic E-state index is 12.8. The molecule has 0 atom stereocenters. The van der Waals surface area contributed by atoms with Crippen LogP contribution >= 0.6 is 0 Å². The molecule has 0 saturated heterocycles. The fraction of sp³-hybridized carbons (Fsp3) is 0.464. The number of hydrogen-bond donors (Lipinski definition) is 0. The minimum absolute atomic E-state index is 0.0936. The predicted molar refractivity (Wildman–Crippen MR) is 136 cm³/mol. The number of allylic oxidation sites excluding steroid dienone is 4. The zero-order chi connectivity index (χ0) is 24.2. The van der Waals surface area contributed by atoms with Gasteiger partial charge in [-0.25, -0.2) is 4.79 Å². The number of para-hydroxylation sites is 1. The van der Waals surface area contributed by atoms with Crippen molar-refractivity contribution < 1.29 is 18.6 Å². The molecular formula is C28H38O5. The molecular weight excluding hydrogens is 416 g/mol. The van der Waals surface area contributed by atoms with Gasteiger partial charge in [-0.2, -0.15) is 0 Å². The van der Waals surface area contributed by atoms with Crippen LogP contribution in [-0.2, 0) is 0 Å². The third-order valence-corrected chi connectivity index (χ3v) is 4.86. The number of hydrogen-bond acceptors (Lipinski definition) is 5. The van der Waals surface area contributed by atoms with Crippen LogP contribution in [0.1, 0.15) is 67.2 Å². The van der Waals surface area contributed by atoms with Crippen molar-refractivity contribution in [3.05, 3.63) is 64.1 Å². The summed E-state index contributed by atoms with van der Waals surface area (Å²) >= 11 is 0. The zero-order valence-corrected chi connectivity index (χ0v) is 20.9. The van der Waals surface area contributed by atoms with Gasteiger partial charge in [-0.15, -0.1) is 0 Å². The molecule has 0 radical (unpaired) electrons. The molecule has 0 bridgehead atoms. The van der Waals surface area contributed by atoms with E-state index in [0.717, 1.165) is 25.7 Å². The van der Waals surface area contributed by atoms with E-state index in [9.17, 15) is 4.79 Å². The molecule has 0 aliphatic heterocycles. The molecule has 0 N–H and O–H groups in total. The summed E-state index contributed by atoms with van der Waals surface area (Å²) in [5, 5.41) is 0.655. The first-order valence-electron chi connectivity index (χ1n) is 11.8. The molecule has 1 aromatic carbocycles. The SMILES string of the molecule is CCC=CCCOc1cccc2c(OC/C=C(\C)CCC=C(C)C)c(OC(C)C)c(=O)oc12. The quantitative estimate of drug-likeness (QED) is 0.179. The van der Waals surface area contributed by atoms with Crippen LogP contribution in [0, 0.1) is 0 Å². The lowest BCUT2D eigenvalue weighted by Gasteiger charge is -2.16. The van der Waals surface area contributed by atoms with E-state index in [-0.39, 0.29) is 11.9 Å². The Balaban J connectivity index is 2.32. The van der Waals surface area contributed by atoms with Crippen LogP contribution in [0.3, 0.4) is 0 Å². The molecule has 0 spiro atoms. The Morgan fingerprint density at radius 3 is 2.52 bits per heavy atom. The minimum Gasteiger partial charge on any atom is -0.489 e. The van der Waals surface area contributed by atoms with Gasteiger partial charge in [0.1, 0.15) is 6.61 Å². The first kappa shape index (κ1) is 26.3. The van der Waals surface area contributed by atoms with Gasteiger partial charge in [0, 0.05) is 0 Å². The molecule has 180 valence electrons. The summed E-state index contributed by atoms with van der Waals surface area (Å²) in [6, 6.07) is 5.52. The highest BCUT2D eigenvalue weighted by molar-refractivity contribution is 5.89. The largest absolute Gasteiger partial charge is 0.489 e. The Morgan fingerprint density at radius 1 is 1.03 bits per heavy atom. The second-order valence-corrected chi connectivity index (χ2v) is 8.55. The van der Waals surface area contributed by atoms with Crippen LogP contribution in [0.2, 0.25) is 0 Å². The molecule has 33 heavy (non-hydrogen) atoms. The van der Waals surface area contributed by atoms with Crippen LogP contribution in [0.15, 0.2) is 62.9 Å². The smallest absolute Gasteiger partial charge is 0.383 e. The van der Waals surface area contributed by atoms with Crippen molar-refractivity contribution in [3.63, 3.8) is 0 Å². The van der Waals surface area contributed by atoms with E-state index in [1.165, 1.54) is 11.1 Å². The van der Waals surface area contributed by atoms with Crippen molar-refractivity contribution in [1.29, 1.82) is 0 Å². The first-order valence-corrected chi connectivity index (χ1v) is 11.8. The molecule has 1 aromatic heterocycles. The van der Waals surface area contributed by atoms with Crippen LogP contribution in [-0.4, -0.2) is 19.3 Å². The molecule has 5 heteroatoms. The van der Waals surface area contributed by atoms with E-state index in [1.807, 2.05) is 32.1 Å². The summed E-state index contributed by atoms with van der Waals surface area (Å²) in [4.78, 5) is 12.8. The normalized spacial score (nSPS) is 11.9. The van der Waals surface area contributed by atoms with E-state index < -0.39 is 5.63 Å². The zero-order valence-electron chi connectivity index (χ0n) is 20.9. The molecule has 0 saturated carbocycles.